The van der Waals surface area contributed by atoms with E-state index in [4.69, 9.17) is 18.9 Å². The first-order chi connectivity index (χ1) is 20.1. The van der Waals surface area contributed by atoms with Crippen molar-refractivity contribution < 1.29 is 18.9 Å². The zero-order chi connectivity index (χ0) is 27.8. The number of piperazine rings is 1. The summed E-state index contributed by atoms with van der Waals surface area (Å²) in [7, 11) is 1.61. The Morgan fingerprint density at radius 1 is 1.07 bits per heavy atom. The molecule has 3 aliphatic rings. The van der Waals surface area contributed by atoms with Crippen molar-refractivity contribution >= 4 is 10.9 Å². The highest BCUT2D eigenvalue weighted by molar-refractivity contribution is 5.80. The van der Waals surface area contributed by atoms with Gasteiger partial charge in [0.2, 0.25) is 6.79 Å². The minimum atomic E-state index is -0.408. The number of tetrazole rings is 1. The van der Waals surface area contributed by atoms with Crippen LogP contribution in [0.1, 0.15) is 35.8 Å². The molecule has 1 N–H and O–H groups in total. The van der Waals surface area contributed by atoms with Crippen molar-refractivity contribution in [2.45, 2.75) is 38.1 Å². The Hall–Kier alpha value is -4.00. The quantitative estimate of drug-likeness (QED) is 0.344. The Labute approximate surface area is 236 Å². The standard InChI is InChI=1S/C29H33N7O5/c1-38-21-6-5-20-14-23(29(37)30-24(20)15-21)27(28-31-32-33-36(28)17-22-3-2-12-39-22)35-10-8-34(9-11-35)16-19-4-7-25-26(13-19)41-18-40-25/h4-7,13-15,22,27H,2-3,8-12,16-18H2,1H3,(H,30,37)/t22-,27-/m1/s1. The molecule has 2 fully saturated rings. The summed E-state index contributed by atoms with van der Waals surface area (Å²) in [6.07, 6.45) is 2.07. The highest BCUT2D eigenvalue weighted by Gasteiger charge is 2.33. The van der Waals surface area contributed by atoms with Gasteiger partial charge in [-0.1, -0.05) is 6.07 Å². The minimum Gasteiger partial charge on any atom is -0.497 e. The summed E-state index contributed by atoms with van der Waals surface area (Å²) in [6.45, 7) is 5.57. The number of ether oxygens (including phenoxy) is 4. The molecular weight excluding hydrogens is 526 g/mol. The molecule has 0 unspecified atom stereocenters. The van der Waals surface area contributed by atoms with E-state index in [2.05, 4.69) is 42.4 Å². The predicted octanol–water partition coefficient (Wildman–Crippen LogP) is 2.34. The Morgan fingerprint density at radius 2 is 1.95 bits per heavy atom. The first-order valence-corrected chi connectivity index (χ1v) is 14.1. The van der Waals surface area contributed by atoms with Crippen LogP contribution in [-0.2, 0) is 17.8 Å². The van der Waals surface area contributed by atoms with Crippen molar-refractivity contribution in [2.75, 3.05) is 46.7 Å². The summed E-state index contributed by atoms with van der Waals surface area (Å²) >= 11 is 0. The molecule has 0 saturated carbocycles. The second kappa shape index (κ2) is 11.1. The van der Waals surface area contributed by atoms with Gasteiger partial charge in [-0.25, -0.2) is 4.68 Å². The van der Waals surface area contributed by atoms with Crippen molar-refractivity contribution in [2.24, 2.45) is 0 Å². The number of benzene rings is 2. The SMILES string of the molecule is COc1ccc2cc([C@H](c3nnnn3C[C@H]3CCCO3)N3CCN(Cc4ccc5c(c4)OCO5)CC3)c(=O)[nH]c2c1. The van der Waals surface area contributed by atoms with Crippen LogP contribution in [0.15, 0.2) is 47.3 Å². The maximum atomic E-state index is 13.6. The van der Waals surface area contributed by atoms with E-state index >= 15 is 0 Å². The molecule has 0 bridgehead atoms. The number of nitrogens with one attached hydrogen (secondary N) is 1. The van der Waals surface area contributed by atoms with Gasteiger partial charge in [-0.2, -0.15) is 0 Å². The van der Waals surface area contributed by atoms with Crippen LogP contribution in [0.4, 0.5) is 0 Å². The van der Waals surface area contributed by atoms with Crippen LogP contribution in [0.5, 0.6) is 17.2 Å². The molecule has 7 rings (SSSR count). The lowest BCUT2D eigenvalue weighted by atomic mass is 10.0. The van der Waals surface area contributed by atoms with Crippen LogP contribution in [0.25, 0.3) is 10.9 Å². The van der Waals surface area contributed by atoms with Gasteiger partial charge in [0.1, 0.15) is 11.8 Å². The Morgan fingerprint density at radius 3 is 2.78 bits per heavy atom. The molecule has 4 aromatic rings. The molecule has 0 radical (unpaired) electrons. The van der Waals surface area contributed by atoms with E-state index in [-0.39, 0.29) is 18.5 Å². The number of hydrogen-bond acceptors (Lipinski definition) is 10. The van der Waals surface area contributed by atoms with Crippen molar-refractivity contribution in [3.05, 3.63) is 69.8 Å². The van der Waals surface area contributed by atoms with Gasteiger partial charge in [0.15, 0.2) is 17.3 Å². The Kier molecular flexibility index (Phi) is 7.03. The van der Waals surface area contributed by atoms with Crippen molar-refractivity contribution in [3.63, 3.8) is 0 Å². The lowest BCUT2D eigenvalue weighted by Crippen LogP contribution is -2.48. The maximum absolute atomic E-state index is 13.6. The molecule has 214 valence electrons. The number of H-pyrrole nitrogens is 1. The fraction of sp³-hybridized carbons (Fsp3) is 0.448. The van der Waals surface area contributed by atoms with Crippen LogP contribution in [0.2, 0.25) is 0 Å². The number of methoxy groups -OCH3 is 1. The van der Waals surface area contributed by atoms with E-state index in [1.165, 1.54) is 5.56 Å². The number of pyridine rings is 1. The van der Waals surface area contributed by atoms with Gasteiger partial charge < -0.3 is 23.9 Å². The van der Waals surface area contributed by atoms with E-state index in [0.717, 1.165) is 74.6 Å². The zero-order valence-electron chi connectivity index (χ0n) is 23.0. The van der Waals surface area contributed by atoms with Crippen LogP contribution in [-0.4, -0.2) is 87.8 Å². The van der Waals surface area contributed by atoms with E-state index in [9.17, 15) is 4.79 Å². The molecule has 0 aliphatic carbocycles. The average molecular weight is 560 g/mol. The predicted molar refractivity (Wildman–Crippen MR) is 149 cm³/mol. The maximum Gasteiger partial charge on any atom is 0.253 e. The number of nitrogens with zero attached hydrogens (tertiary/aromatic N) is 6. The zero-order valence-corrected chi connectivity index (χ0v) is 23.0. The van der Waals surface area contributed by atoms with Gasteiger partial charge in [0.05, 0.1) is 25.3 Å². The van der Waals surface area contributed by atoms with E-state index in [1.54, 1.807) is 7.11 Å². The number of hydrogen-bond donors (Lipinski definition) is 1. The van der Waals surface area contributed by atoms with E-state index in [1.807, 2.05) is 35.0 Å². The number of rotatable bonds is 8. The van der Waals surface area contributed by atoms with Gasteiger partial charge in [0.25, 0.3) is 5.56 Å². The molecule has 3 aliphatic heterocycles. The number of fused-ring (bicyclic) bond motifs is 2. The van der Waals surface area contributed by atoms with Gasteiger partial charge in [0, 0.05) is 51.0 Å². The molecule has 12 heteroatoms. The number of aromatic amines is 1. The van der Waals surface area contributed by atoms with Crippen LogP contribution < -0.4 is 19.8 Å². The molecule has 0 amide bonds. The lowest BCUT2D eigenvalue weighted by Gasteiger charge is -2.38. The molecule has 2 aromatic heterocycles. The summed E-state index contributed by atoms with van der Waals surface area (Å²) in [5.74, 6) is 2.94. The molecule has 41 heavy (non-hydrogen) atoms. The normalized spacial score (nSPS) is 20.1. The summed E-state index contributed by atoms with van der Waals surface area (Å²) in [5.41, 5.74) is 2.37. The van der Waals surface area contributed by atoms with Gasteiger partial charge in [-0.15, -0.1) is 5.10 Å². The van der Waals surface area contributed by atoms with Crippen LogP contribution in [0, 0.1) is 0 Å². The molecular formula is C29H33N7O5. The van der Waals surface area contributed by atoms with Crippen LogP contribution >= 0.6 is 0 Å². The first kappa shape index (κ1) is 25.9. The molecule has 2 atom stereocenters. The number of aromatic nitrogens is 5. The Balaban J connectivity index is 1.17. The molecule has 12 nitrogen and oxygen atoms in total. The van der Waals surface area contributed by atoms with Gasteiger partial charge >= 0.3 is 0 Å². The topological polar surface area (TPSA) is 120 Å². The highest BCUT2D eigenvalue weighted by atomic mass is 16.7. The summed E-state index contributed by atoms with van der Waals surface area (Å²) in [5, 5.41) is 13.8. The fourth-order valence-electron chi connectivity index (χ4n) is 6.02. The fourth-order valence-corrected chi connectivity index (χ4v) is 6.02. The largest absolute Gasteiger partial charge is 0.497 e. The minimum absolute atomic E-state index is 0.0683. The summed E-state index contributed by atoms with van der Waals surface area (Å²) in [4.78, 5) is 21.4. The smallest absolute Gasteiger partial charge is 0.253 e. The molecule has 2 aromatic carbocycles. The second-order valence-corrected chi connectivity index (χ2v) is 10.8. The van der Waals surface area contributed by atoms with E-state index in [0.29, 0.717) is 23.7 Å². The Bertz CT molecular complexity index is 1590. The molecule has 2 saturated heterocycles. The third-order valence-electron chi connectivity index (χ3n) is 8.20. The monoisotopic (exact) mass is 559 g/mol. The average Bonchev–Trinajstić information content (AvgIpc) is 3.77. The van der Waals surface area contributed by atoms with Crippen molar-refractivity contribution in [1.82, 2.24) is 35.0 Å². The lowest BCUT2D eigenvalue weighted by molar-refractivity contribution is 0.0840. The summed E-state index contributed by atoms with van der Waals surface area (Å²) < 4.78 is 24.1. The highest BCUT2D eigenvalue weighted by Crippen LogP contribution is 2.33. The summed E-state index contributed by atoms with van der Waals surface area (Å²) in [6, 6.07) is 13.4. The van der Waals surface area contributed by atoms with Crippen molar-refractivity contribution in [3.8, 4) is 17.2 Å². The third kappa shape index (κ3) is 5.25. The van der Waals surface area contributed by atoms with Gasteiger partial charge in [-0.3, -0.25) is 14.6 Å². The van der Waals surface area contributed by atoms with Crippen molar-refractivity contribution in [1.29, 1.82) is 0 Å². The third-order valence-corrected chi connectivity index (χ3v) is 8.20. The van der Waals surface area contributed by atoms with Crippen LogP contribution in [0.3, 0.4) is 0 Å². The molecule has 5 heterocycles. The second-order valence-electron chi connectivity index (χ2n) is 10.8. The van der Waals surface area contributed by atoms with E-state index < -0.39 is 6.04 Å². The molecule has 0 spiro atoms. The first-order valence-electron chi connectivity index (χ1n) is 14.1. The van der Waals surface area contributed by atoms with Gasteiger partial charge in [-0.05, 0) is 64.5 Å².